The monoisotopic (exact) mass is 379 g/mol. The number of amides is 1. The lowest BCUT2D eigenvalue weighted by molar-refractivity contribution is 0.0890. The summed E-state index contributed by atoms with van der Waals surface area (Å²) in [5.41, 5.74) is -0.0429. The molecule has 0 radical (unpaired) electrons. The minimum absolute atomic E-state index is 0.0429. The van der Waals surface area contributed by atoms with E-state index in [9.17, 15) is 4.79 Å². The molecule has 0 bridgehead atoms. The Labute approximate surface area is 122 Å². The van der Waals surface area contributed by atoms with Gasteiger partial charge in [0.25, 0.3) is 5.91 Å². The number of carbonyl (C=O) groups is 1. The van der Waals surface area contributed by atoms with Crippen molar-refractivity contribution in [3.05, 3.63) is 20.8 Å². The van der Waals surface area contributed by atoms with Gasteiger partial charge in [-0.05, 0) is 40.2 Å². The summed E-state index contributed by atoms with van der Waals surface area (Å²) < 4.78 is 0.889. The first-order chi connectivity index (χ1) is 8.17. The van der Waals surface area contributed by atoms with Gasteiger partial charge in [0.15, 0.2) is 0 Å². The molecule has 2 nitrogen and oxygen atoms in total. The summed E-state index contributed by atoms with van der Waals surface area (Å²) in [6.07, 6.45) is 5.85. The number of carbonyl (C=O) groups excluding carboxylic acids is 1. The van der Waals surface area contributed by atoms with Gasteiger partial charge < -0.3 is 5.32 Å². The maximum atomic E-state index is 12.2. The van der Waals surface area contributed by atoms with E-state index >= 15 is 0 Å². The third-order valence-corrected chi connectivity index (χ3v) is 6.18. The van der Waals surface area contributed by atoms with E-state index in [4.69, 9.17) is 0 Å². The van der Waals surface area contributed by atoms with E-state index in [2.05, 4.69) is 37.2 Å². The fraction of sp³-hybridized carbons (Fsp3) is 0.583. The van der Waals surface area contributed by atoms with E-state index in [1.54, 1.807) is 0 Å². The van der Waals surface area contributed by atoms with Crippen molar-refractivity contribution < 1.29 is 4.79 Å². The van der Waals surface area contributed by atoms with Gasteiger partial charge in [-0.3, -0.25) is 4.79 Å². The van der Waals surface area contributed by atoms with Crippen molar-refractivity contribution in [2.75, 3.05) is 5.33 Å². The van der Waals surface area contributed by atoms with Crippen LogP contribution in [0.25, 0.3) is 0 Å². The van der Waals surface area contributed by atoms with Crippen LogP contribution in [0.3, 0.4) is 0 Å². The quantitative estimate of drug-likeness (QED) is 0.776. The zero-order chi connectivity index (χ0) is 12.3. The first-order valence-electron chi connectivity index (χ1n) is 5.78. The van der Waals surface area contributed by atoms with Crippen LogP contribution in [0.1, 0.15) is 41.8 Å². The van der Waals surface area contributed by atoms with E-state index in [1.807, 2.05) is 11.4 Å². The van der Waals surface area contributed by atoms with Crippen molar-refractivity contribution in [1.82, 2.24) is 5.32 Å². The third-order valence-electron chi connectivity index (χ3n) is 3.27. The summed E-state index contributed by atoms with van der Waals surface area (Å²) in [6.45, 7) is 0. The lowest BCUT2D eigenvalue weighted by Crippen LogP contribution is -2.51. The Bertz CT molecular complexity index is 399. The summed E-state index contributed by atoms with van der Waals surface area (Å²) >= 11 is 8.45. The molecule has 1 amide bonds. The molecule has 0 aromatic carbocycles. The van der Waals surface area contributed by atoms with Crippen LogP contribution >= 0.6 is 43.2 Å². The van der Waals surface area contributed by atoms with E-state index in [1.165, 1.54) is 30.6 Å². The number of hydrogen-bond donors (Lipinski definition) is 1. The summed E-state index contributed by atoms with van der Waals surface area (Å²) in [6, 6.07) is 1.92. The van der Waals surface area contributed by atoms with Crippen LogP contribution in [0, 0.1) is 0 Å². The topological polar surface area (TPSA) is 29.1 Å². The van der Waals surface area contributed by atoms with E-state index < -0.39 is 0 Å². The average molecular weight is 381 g/mol. The van der Waals surface area contributed by atoms with Gasteiger partial charge in [0.1, 0.15) is 4.88 Å². The van der Waals surface area contributed by atoms with Crippen LogP contribution in [0.4, 0.5) is 0 Å². The number of hydrogen-bond acceptors (Lipinski definition) is 2. The molecular formula is C12H15Br2NOS. The normalized spacial score (nSPS) is 18.9. The van der Waals surface area contributed by atoms with Gasteiger partial charge in [-0.25, -0.2) is 0 Å². The summed E-state index contributed by atoms with van der Waals surface area (Å²) in [7, 11) is 0. The average Bonchev–Trinajstić information content (AvgIpc) is 2.77. The van der Waals surface area contributed by atoms with Crippen molar-refractivity contribution >= 4 is 49.1 Å². The summed E-state index contributed by atoms with van der Waals surface area (Å²) in [4.78, 5) is 13.0. The summed E-state index contributed by atoms with van der Waals surface area (Å²) in [5.74, 6) is 0.0493. The SMILES string of the molecule is O=C(NC1(CBr)CCCCC1)c1sccc1Br. The highest BCUT2D eigenvalue weighted by atomic mass is 79.9. The second-order valence-electron chi connectivity index (χ2n) is 4.53. The van der Waals surface area contributed by atoms with Crippen LogP contribution in [-0.2, 0) is 0 Å². The molecule has 2 rings (SSSR count). The Morgan fingerprint density at radius 1 is 1.41 bits per heavy atom. The largest absolute Gasteiger partial charge is 0.345 e. The Morgan fingerprint density at radius 2 is 2.12 bits per heavy atom. The highest BCUT2D eigenvalue weighted by Gasteiger charge is 2.33. The smallest absolute Gasteiger partial charge is 0.262 e. The first kappa shape index (κ1) is 13.6. The van der Waals surface area contributed by atoms with Gasteiger partial charge in [0.05, 0.1) is 5.54 Å². The Hall–Kier alpha value is 0.130. The molecule has 0 unspecified atom stereocenters. The molecule has 1 N–H and O–H groups in total. The first-order valence-corrected chi connectivity index (χ1v) is 8.58. The van der Waals surface area contributed by atoms with Gasteiger partial charge >= 0.3 is 0 Å². The number of rotatable bonds is 3. The number of halogens is 2. The van der Waals surface area contributed by atoms with Gasteiger partial charge in [-0.1, -0.05) is 35.2 Å². The molecule has 1 aliphatic rings. The van der Waals surface area contributed by atoms with Crippen molar-refractivity contribution in [3.63, 3.8) is 0 Å². The second-order valence-corrected chi connectivity index (χ2v) is 6.86. The molecular weight excluding hydrogens is 366 g/mol. The summed E-state index contributed by atoms with van der Waals surface area (Å²) in [5, 5.41) is 5.99. The predicted molar refractivity (Wildman–Crippen MR) is 79.1 cm³/mol. The van der Waals surface area contributed by atoms with Gasteiger partial charge in [-0.15, -0.1) is 11.3 Å². The van der Waals surface area contributed by atoms with Crippen LogP contribution in [0.2, 0.25) is 0 Å². The zero-order valence-corrected chi connectivity index (χ0v) is 13.5. The van der Waals surface area contributed by atoms with Crippen molar-refractivity contribution in [1.29, 1.82) is 0 Å². The van der Waals surface area contributed by atoms with Crippen molar-refractivity contribution in [2.45, 2.75) is 37.6 Å². The molecule has 1 heterocycles. The van der Waals surface area contributed by atoms with Crippen LogP contribution in [0.15, 0.2) is 15.9 Å². The lowest BCUT2D eigenvalue weighted by atomic mass is 9.83. The molecule has 0 atom stereocenters. The molecule has 1 aromatic rings. The van der Waals surface area contributed by atoms with E-state index in [0.29, 0.717) is 0 Å². The molecule has 0 saturated heterocycles. The van der Waals surface area contributed by atoms with Gasteiger partial charge in [0, 0.05) is 9.80 Å². The standard InChI is InChI=1S/C12H15Br2NOS/c13-8-12(5-2-1-3-6-12)15-11(16)10-9(14)4-7-17-10/h4,7H,1-3,5-6,8H2,(H,15,16). The minimum Gasteiger partial charge on any atom is -0.345 e. The number of alkyl halides is 1. The molecule has 0 spiro atoms. The third kappa shape index (κ3) is 3.12. The Kier molecular flexibility index (Phi) is 4.66. The molecule has 1 saturated carbocycles. The highest BCUT2D eigenvalue weighted by Crippen LogP contribution is 2.31. The fourth-order valence-corrected chi connectivity index (χ4v) is 4.42. The molecule has 1 fully saturated rings. The van der Waals surface area contributed by atoms with E-state index in [0.717, 1.165) is 27.5 Å². The van der Waals surface area contributed by atoms with Crippen LogP contribution in [-0.4, -0.2) is 16.8 Å². The Balaban J connectivity index is 2.08. The minimum atomic E-state index is -0.0429. The lowest BCUT2D eigenvalue weighted by Gasteiger charge is -2.36. The van der Waals surface area contributed by atoms with Crippen molar-refractivity contribution in [2.24, 2.45) is 0 Å². The Morgan fingerprint density at radius 3 is 2.65 bits per heavy atom. The molecule has 1 aromatic heterocycles. The maximum absolute atomic E-state index is 12.2. The molecule has 17 heavy (non-hydrogen) atoms. The molecule has 94 valence electrons. The maximum Gasteiger partial charge on any atom is 0.262 e. The second kappa shape index (κ2) is 5.85. The van der Waals surface area contributed by atoms with E-state index in [-0.39, 0.29) is 11.4 Å². The molecule has 0 aliphatic heterocycles. The predicted octanol–water partition coefficient (Wildman–Crippen LogP) is 4.34. The number of thiophene rings is 1. The fourth-order valence-electron chi connectivity index (χ4n) is 2.27. The highest BCUT2D eigenvalue weighted by molar-refractivity contribution is 9.10. The van der Waals surface area contributed by atoms with Gasteiger partial charge in [-0.2, -0.15) is 0 Å². The van der Waals surface area contributed by atoms with Crippen LogP contribution in [0.5, 0.6) is 0 Å². The molecule has 5 heteroatoms. The molecule has 1 aliphatic carbocycles. The number of nitrogens with one attached hydrogen (secondary N) is 1. The zero-order valence-electron chi connectivity index (χ0n) is 9.47. The van der Waals surface area contributed by atoms with Crippen molar-refractivity contribution in [3.8, 4) is 0 Å². The van der Waals surface area contributed by atoms with Crippen LogP contribution < -0.4 is 5.32 Å². The van der Waals surface area contributed by atoms with Gasteiger partial charge in [0.2, 0.25) is 0 Å².